The third kappa shape index (κ3) is 4.41. The van der Waals surface area contributed by atoms with E-state index in [1.54, 1.807) is 11.8 Å². The van der Waals surface area contributed by atoms with Crippen LogP contribution in [-0.4, -0.2) is 73.6 Å². The van der Waals surface area contributed by atoms with Gasteiger partial charge in [-0.25, -0.2) is 0 Å². The van der Waals surface area contributed by atoms with Crippen molar-refractivity contribution in [2.24, 2.45) is 0 Å². The molecule has 0 aromatic carbocycles. The Morgan fingerprint density at radius 3 is 2.48 bits per heavy atom. The third-order valence-corrected chi connectivity index (χ3v) is 4.06. The molecule has 1 rings (SSSR count). The van der Waals surface area contributed by atoms with Crippen LogP contribution >= 0.6 is 0 Å². The number of rotatable bonds is 8. The molecule has 6 nitrogen and oxygen atoms in total. The quantitative estimate of drug-likeness (QED) is 0.662. The highest BCUT2D eigenvalue weighted by Gasteiger charge is 2.45. The van der Waals surface area contributed by atoms with Gasteiger partial charge in [-0.15, -0.1) is 0 Å². The highest BCUT2D eigenvalue weighted by atomic mass is 16.5. The normalized spacial score (nSPS) is 26.4. The average Bonchev–Trinajstić information content (AvgIpc) is 2.43. The van der Waals surface area contributed by atoms with E-state index < -0.39 is 5.54 Å². The van der Waals surface area contributed by atoms with Crippen LogP contribution in [0.1, 0.15) is 33.6 Å². The minimum absolute atomic E-state index is 0.00680. The molecule has 0 aromatic rings. The number of amides is 2. The topological polar surface area (TPSA) is 61.9 Å². The molecule has 0 saturated carbocycles. The number of ether oxygens (including phenoxy) is 1. The van der Waals surface area contributed by atoms with E-state index in [0.717, 1.165) is 6.54 Å². The zero-order valence-corrected chi connectivity index (χ0v) is 13.9. The summed E-state index contributed by atoms with van der Waals surface area (Å²) in [5, 5.41) is 2.86. The van der Waals surface area contributed by atoms with Crippen LogP contribution < -0.4 is 5.32 Å². The van der Waals surface area contributed by atoms with Gasteiger partial charge in [-0.2, -0.15) is 0 Å². The number of nitrogens with zero attached hydrogens (tertiary/aromatic N) is 2. The van der Waals surface area contributed by atoms with Crippen molar-refractivity contribution in [3.8, 4) is 0 Å². The molecule has 1 heterocycles. The lowest BCUT2D eigenvalue weighted by molar-refractivity contribution is -0.155. The average molecular weight is 299 g/mol. The van der Waals surface area contributed by atoms with Gasteiger partial charge in [-0.3, -0.25) is 9.59 Å². The first-order valence-corrected chi connectivity index (χ1v) is 7.71. The largest absolute Gasteiger partial charge is 0.378 e. The maximum Gasteiger partial charge on any atom is 0.248 e. The van der Waals surface area contributed by atoms with E-state index in [4.69, 9.17) is 4.74 Å². The Balaban J connectivity index is 2.62. The first kappa shape index (κ1) is 17.9. The zero-order valence-electron chi connectivity index (χ0n) is 13.9. The van der Waals surface area contributed by atoms with Crippen LogP contribution in [0, 0.1) is 0 Å². The molecule has 1 aliphatic heterocycles. The summed E-state index contributed by atoms with van der Waals surface area (Å²) in [6.45, 7) is 8.03. The first-order chi connectivity index (χ1) is 9.85. The van der Waals surface area contributed by atoms with Gasteiger partial charge in [0.25, 0.3) is 0 Å². The number of hydrogen-bond acceptors (Lipinski definition) is 4. The Bertz CT molecular complexity index is 373. The Hall–Kier alpha value is -1.14. The summed E-state index contributed by atoms with van der Waals surface area (Å²) >= 11 is 0. The van der Waals surface area contributed by atoms with Gasteiger partial charge >= 0.3 is 0 Å². The lowest BCUT2D eigenvalue weighted by Crippen LogP contribution is -2.69. The molecule has 21 heavy (non-hydrogen) atoms. The van der Waals surface area contributed by atoms with Gasteiger partial charge in [-0.1, -0.05) is 13.8 Å². The van der Waals surface area contributed by atoms with Gasteiger partial charge in [0.15, 0.2) is 0 Å². The van der Waals surface area contributed by atoms with Crippen molar-refractivity contribution in [3.63, 3.8) is 0 Å². The Labute approximate surface area is 127 Å². The van der Waals surface area contributed by atoms with Gasteiger partial charge in [0.1, 0.15) is 11.6 Å². The smallest absolute Gasteiger partial charge is 0.248 e. The molecule has 1 aliphatic rings. The molecule has 1 fully saturated rings. The van der Waals surface area contributed by atoms with Crippen LogP contribution in [0.15, 0.2) is 0 Å². The van der Waals surface area contributed by atoms with E-state index in [9.17, 15) is 9.59 Å². The lowest BCUT2D eigenvalue weighted by Gasteiger charge is -2.43. The molecule has 2 atom stereocenters. The van der Waals surface area contributed by atoms with Crippen LogP contribution in [-0.2, 0) is 14.3 Å². The van der Waals surface area contributed by atoms with Crippen molar-refractivity contribution < 1.29 is 14.3 Å². The molecule has 1 N–H and O–H groups in total. The number of carbonyl (C=O) groups excluding carboxylic acids is 2. The van der Waals surface area contributed by atoms with Crippen molar-refractivity contribution in [1.82, 2.24) is 15.1 Å². The van der Waals surface area contributed by atoms with E-state index in [0.29, 0.717) is 32.6 Å². The number of carbonyl (C=O) groups is 2. The summed E-state index contributed by atoms with van der Waals surface area (Å²) < 4.78 is 5.56. The van der Waals surface area contributed by atoms with Crippen LogP contribution in [0.5, 0.6) is 0 Å². The number of likely N-dealkylation sites (N-methyl/N-ethyl adjacent to an activating group) is 1. The van der Waals surface area contributed by atoms with Crippen molar-refractivity contribution >= 4 is 11.8 Å². The molecular formula is C15H29N3O3. The van der Waals surface area contributed by atoms with E-state index in [1.165, 1.54) is 0 Å². The van der Waals surface area contributed by atoms with Gasteiger partial charge < -0.3 is 19.9 Å². The fourth-order valence-electron chi connectivity index (χ4n) is 2.42. The van der Waals surface area contributed by atoms with Crippen molar-refractivity contribution in [2.75, 3.05) is 40.4 Å². The fourth-order valence-corrected chi connectivity index (χ4v) is 2.42. The minimum Gasteiger partial charge on any atom is -0.378 e. The lowest BCUT2D eigenvalue weighted by atomic mass is 9.91. The fraction of sp³-hybridized carbons (Fsp3) is 0.867. The first-order valence-electron chi connectivity index (χ1n) is 7.71. The Morgan fingerprint density at radius 1 is 1.29 bits per heavy atom. The third-order valence-electron chi connectivity index (χ3n) is 4.06. The second kappa shape index (κ2) is 7.75. The molecule has 0 radical (unpaired) electrons. The molecule has 0 bridgehead atoms. The van der Waals surface area contributed by atoms with Crippen molar-refractivity contribution in [3.05, 3.63) is 0 Å². The molecule has 1 saturated heterocycles. The van der Waals surface area contributed by atoms with Crippen LogP contribution in [0.4, 0.5) is 0 Å². The molecule has 122 valence electrons. The maximum atomic E-state index is 12.6. The predicted octanol–water partition coefficient (Wildman–Crippen LogP) is 0.470. The van der Waals surface area contributed by atoms with Gasteiger partial charge in [-0.05, 0) is 33.9 Å². The summed E-state index contributed by atoms with van der Waals surface area (Å²) in [5.41, 5.74) is -0.785. The van der Waals surface area contributed by atoms with Gasteiger partial charge in [0, 0.05) is 13.1 Å². The van der Waals surface area contributed by atoms with E-state index in [2.05, 4.69) is 5.32 Å². The number of piperazine rings is 1. The van der Waals surface area contributed by atoms with Crippen LogP contribution in [0.2, 0.25) is 0 Å². The number of nitrogens with one attached hydrogen (secondary N) is 1. The summed E-state index contributed by atoms with van der Waals surface area (Å²) in [4.78, 5) is 28.5. The minimum atomic E-state index is -0.785. The van der Waals surface area contributed by atoms with Crippen LogP contribution in [0.25, 0.3) is 0 Å². The molecule has 0 spiro atoms. The maximum absolute atomic E-state index is 12.6. The van der Waals surface area contributed by atoms with Crippen molar-refractivity contribution in [2.45, 2.75) is 45.2 Å². The molecule has 0 aromatic heterocycles. The summed E-state index contributed by atoms with van der Waals surface area (Å²) in [6.07, 6.45) is 1.21. The summed E-state index contributed by atoms with van der Waals surface area (Å²) in [5.74, 6) is -0.0672. The van der Waals surface area contributed by atoms with Gasteiger partial charge in [0.05, 0.1) is 13.2 Å². The van der Waals surface area contributed by atoms with E-state index in [-0.39, 0.29) is 17.9 Å². The summed E-state index contributed by atoms with van der Waals surface area (Å²) in [6, 6.07) is -0.380. The van der Waals surface area contributed by atoms with E-state index in [1.807, 2.05) is 32.8 Å². The highest BCUT2D eigenvalue weighted by molar-refractivity contribution is 5.99. The van der Waals surface area contributed by atoms with E-state index >= 15 is 0 Å². The molecule has 0 aliphatic carbocycles. The monoisotopic (exact) mass is 299 g/mol. The standard InChI is InChI=1S/C15H29N3O3/c1-6-12-13(19)16-15(3,7-2)14(20)18(12)9-11-21-10-8-17(4)5/h12H,6-11H2,1-5H3,(H,16,19). The predicted molar refractivity (Wildman–Crippen MR) is 82.0 cm³/mol. The second-order valence-corrected chi connectivity index (χ2v) is 6.01. The number of hydrogen-bond donors (Lipinski definition) is 1. The Morgan fingerprint density at radius 2 is 1.95 bits per heavy atom. The molecule has 2 amide bonds. The van der Waals surface area contributed by atoms with Gasteiger partial charge in [0.2, 0.25) is 11.8 Å². The van der Waals surface area contributed by atoms with Crippen molar-refractivity contribution in [1.29, 1.82) is 0 Å². The highest BCUT2D eigenvalue weighted by Crippen LogP contribution is 2.22. The second-order valence-electron chi connectivity index (χ2n) is 6.01. The molecule has 6 heteroatoms. The molecular weight excluding hydrogens is 270 g/mol. The summed E-state index contributed by atoms with van der Waals surface area (Å²) in [7, 11) is 3.98. The molecule has 2 unspecified atom stereocenters. The SMILES string of the molecule is CCC1C(=O)NC(C)(CC)C(=O)N1CCOCCN(C)C. The Kier molecular flexibility index (Phi) is 6.61. The zero-order chi connectivity index (χ0) is 16.0. The van der Waals surface area contributed by atoms with Crippen LogP contribution in [0.3, 0.4) is 0 Å².